The van der Waals surface area contributed by atoms with Crippen LogP contribution in [0.4, 0.5) is 0 Å². The van der Waals surface area contributed by atoms with Crippen molar-refractivity contribution in [3.8, 4) is 0 Å². The Hall–Kier alpha value is -0.0800. The van der Waals surface area contributed by atoms with E-state index in [-0.39, 0.29) is 0 Å². The van der Waals surface area contributed by atoms with Crippen LogP contribution in [0.2, 0.25) is 0 Å². The van der Waals surface area contributed by atoms with Crippen molar-refractivity contribution in [2.45, 2.75) is 39.0 Å². The minimum atomic E-state index is 0.835. The minimum Gasteiger partial charge on any atom is -0.330 e. The van der Waals surface area contributed by atoms with Gasteiger partial charge in [0, 0.05) is 6.54 Å². The van der Waals surface area contributed by atoms with E-state index in [4.69, 9.17) is 5.73 Å². The summed E-state index contributed by atoms with van der Waals surface area (Å²) in [5, 5.41) is 0. The minimum absolute atomic E-state index is 0.835. The third-order valence-corrected chi connectivity index (χ3v) is 2.92. The van der Waals surface area contributed by atoms with E-state index < -0.39 is 0 Å². The monoisotopic (exact) mass is 184 g/mol. The lowest BCUT2D eigenvalue weighted by molar-refractivity contribution is 0.196. The first-order chi connectivity index (χ1) is 6.33. The van der Waals surface area contributed by atoms with Gasteiger partial charge >= 0.3 is 0 Å². The molecule has 1 aliphatic rings. The third-order valence-electron chi connectivity index (χ3n) is 2.92. The fourth-order valence-corrected chi connectivity index (χ4v) is 2.14. The van der Waals surface area contributed by atoms with E-state index in [0.717, 1.165) is 12.5 Å². The number of nitrogens with zero attached hydrogens (tertiary/aromatic N) is 1. The smallest absolute Gasteiger partial charge is 0.000703 e. The first-order valence-electron chi connectivity index (χ1n) is 5.75. The number of nitrogens with two attached hydrogens (primary N) is 1. The molecule has 1 aliphatic heterocycles. The fourth-order valence-electron chi connectivity index (χ4n) is 2.14. The molecule has 2 N–H and O–H groups in total. The van der Waals surface area contributed by atoms with E-state index in [1.807, 2.05) is 0 Å². The molecule has 2 heteroatoms. The zero-order valence-electron chi connectivity index (χ0n) is 8.97. The average molecular weight is 184 g/mol. The molecule has 1 rings (SSSR count). The highest BCUT2D eigenvalue weighted by atomic mass is 15.1. The third kappa shape index (κ3) is 4.63. The predicted octanol–water partition coefficient (Wildman–Crippen LogP) is 1.85. The van der Waals surface area contributed by atoms with Crippen molar-refractivity contribution >= 4 is 0 Å². The molecule has 1 saturated heterocycles. The quantitative estimate of drug-likeness (QED) is 0.706. The standard InChI is InChI=1S/C11H24N2/c1-11(6-5-7-12)10-13-8-3-2-4-9-13/h11H,2-10,12H2,1H3. The van der Waals surface area contributed by atoms with Gasteiger partial charge in [-0.15, -0.1) is 0 Å². The molecule has 2 nitrogen and oxygen atoms in total. The highest BCUT2D eigenvalue weighted by Crippen LogP contribution is 2.13. The van der Waals surface area contributed by atoms with Crippen LogP contribution in [0, 0.1) is 5.92 Å². The lowest BCUT2D eigenvalue weighted by atomic mass is 10.0. The molecule has 0 aliphatic carbocycles. The number of rotatable bonds is 5. The zero-order chi connectivity index (χ0) is 9.52. The van der Waals surface area contributed by atoms with Crippen LogP contribution in [0.25, 0.3) is 0 Å². The molecule has 0 aromatic carbocycles. The summed E-state index contributed by atoms with van der Waals surface area (Å²) < 4.78 is 0. The van der Waals surface area contributed by atoms with Gasteiger partial charge in [0.2, 0.25) is 0 Å². The van der Waals surface area contributed by atoms with Gasteiger partial charge in [-0.2, -0.15) is 0 Å². The maximum Gasteiger partial charge on any atom is 0.000703 e. The van der Waals surface area contributed by atoms with Gasteiger partial charge in [0.05, 0.1) is 0 Å². The summed E-state index contributed by atoms with van der Waals surface area (Å²) in [6, 6.07) is 0. The van der Waals surface area contributed by atoms with Crippen molar-refractivity contribution in [1.82, 2.24) is 4.90 Å². The molecule has 1 heterocycles. The van der Waals surface area contributed by atoms with Gasteiger partial charge < -0.3 is 10.6 Å². The second kappa shape index (κ2) is 6.39. The second-order valence-corrected chi connectivity index (χ2v) is 4.40. The summed E-state index contributed by atoms with van der Waals surface area (Å²) in [5.41, 5.74) is 5.50. The van der Waals surface area contributed by atoms with Gasteiger partial charge in [-0.1, -0.05) is 13.3 Å². The topological polar surface area (TPSA) is 29.3 Å². The summed E-state index contributed by atoms with van der Waals surface area (Å²) in [6.45, 7) is 7.15. The Balaban J connectivity index is 2.07. The molecule has 1 fully saturated rings. The normalized spacial score (nSPS) is 21.7. The predicted molar refractivity (Wildman–Crippen MR) is 57.7 cm³/mol. The lowest BCUT2D eigenvalue weighted by Crippen LogP contribution is -2.33. The van der Waals surface area contributed by atoms with E-state index in [1.54, 1.807) is 0 Å². The van der Waals surface area contributed by atoms with Gasteiger partial charge in [0.15, 0.2) is 0 Å². The number of hydrogen-bond acceptors (Lipinski definition) is 2. The van der Waals surface area contributed by atoms with Crippen molar-refractivity contribution < 1.29 is 0 Å². The summed E-state index contributed by atoms with van der Waals surface area (Å²) >= 11 is 0. The summed E-state index contributed by atoms with van der Waals surface area (Å²) in [5.74, 6) is 0.835. The largest absolute Gasteiger partial charge is 0.330 e. The Morgan fingerprint density at radius 2 is 1.92 bits per heavy atom. The van der Waals surface area contributed by atoms with E-state index >= 15 is 0 Å². The molecule has 0 spiro atoms. The molecular weight excluding hydrogens is 160 g/mol. The van der Waals surface area contributed by atoms with Crippen LogP contribution in [0.3, 0.4) is 0 Å². The summed E-state index contributed by atoms with van der Waals surface area (Å²) in [4.78, 5) is 2.62. The van der Waals surface area contributed by atoms with Gasteiger partial charge in [0.25, 0.3) is 0 Å². The maximum atomic E-state index is 5.50. The fraction of sp³-hybridized carbons (Fsp3) is 1.00. The van der Waals surface area contributed by atoms with Gasteiger partial charge in [0.1, 0.15) is 0 Å². The van der Waals surface area contributed by atoms with Crippen LogP contribution in [0.15, 0.2) is 0 Å². The maximum absolute atomic E-state index is 5.50. The SMILES string of the molecule is CC(CCCN)CN1CCCCC1. The number of likely N-dealkylation sites (tertiary alicyclic amines) is 1. The van der Waals surface area contributed by atoms with Crippen LogP contribution >= 0.6 is 0 Å². The summed E-state index contributed by atoms with van der Waals surface area (Å²) in [7, 11) is 0. The Kier molecular flexibility index (Phi) is 5.40. The average Bonchev–Trinajstić information content (AvgIpc) is 2.16. The second-order valence-electron chi connectivity index (χ2n) is 4.40. The molecule has 0 bridgehead atoms. The Bertz CT molecular complexity index is 119. The molecule has 78 valence electrons. The molecule has 0 aromatic heterocycles. The molecule has 1 atom stereocenters. The first-order valence-corrected chi connectivity index (χ1v) is 5.75. The van der Waals surface area contributed by atoms with Crippen molar-refractivity contribution in [3.05, 3.63) is 0 Å². The van der Waals surface area contributed by atoms with Crippen LogP contribution in [0.5, 0.6) is 0 Å². The van der Waals surface area contributed by atoms with Crippen LogP contribution in [0.1, 0.15) is 39.0 Å². The number of hydrogen-bond donors (Lipinski definition) is 1. The Morgan fingerprint density at radius 1 is 1.23 bits per heavy atom. The van der Waals surface area contributed by atoms with E-state index in [0.29, 0.717) is 0 Å². The molecule has 13 heavy (non-hydrogen) atoms. The van der Waals surface area contributed by atoms with E-state index in [1.165, 1.54) is 51.7 Å². The van der Waals surface area contributed by atoms with Crippen LogP contribution in [-0.2, 0) is 0 Å². The molecule has 1 unspecified atom stereocenters. The number of piperidine rings is 1. The zero-order valence-corrected chi connectivity index (χ0v) is 8.97. The van der Waals surface area contributed by atoms with Crippen molar-refractivity contribution in [2.75, 3.05) is 26.2 Å². The van der Waals surface area contributed by atoms with Crippen molar-refractivity contribution in [2.24, 2.45) is 11.7 Å². The van der Waals surface area contributed by atoms with Gasteiger partial charge in [-0.25, -0.2) is 0 Å². The highest BCUT2D eigenvalue weighted by molar-refractivity contribution is 4.67. The lowest BCUT2D eigenvalue weighted by Gasteiger charge is -2.29. The van der Waals surface area contributed by atoms with E-state index in [2.05, 4.69) is 11.8 Å². The van der Waals surface area contributed by atoms with Crippen LogP contribution < -0.4 is 5.73 Å². The highest BCUT2D eigenvalue weighted by Gasteiger charge is 2.12. The Morgan fingerprint density at radius 3 is 2.54 bits per heavy atom. The van der Waals surface area contributed by atoms with Gasteiger partial charge in [-0.05, 0) is 51.2 Å². The van der Waals surface area contributed by atoms with E-state index in [9.17, 15) is 0 Å². The molecule has 0 amide bonds. The van der Waals surface area contributed by atoms with Gasteiger partial charge in [-0.3, -0.25) is 0 Å². The van der Waals surface area contributed by atoms with Crippen molar-refractivity contribution in [1.29, 1.82) is 0 Å². The van der Waals surface area contributed by atoms with Crippen molar-refractivity contribution in [3.63, 3.8) is 0 Å². The first kappa shape index (κ1) is 11.0. The Labute approximate surface area is 82.5 Å². The summed E-state index contributed by atoms with van der Waals surface area (Å²) in [6.07, 6.45) is 6.74. The van der Waals surface area contributed by atoms with Crippen LogP contribution in [-0.4, -0.2) is 31.1 Å². The molecule has 0 aromatic rings. The molecular formula is C11H24N2. The molecule has 0 saturated carbocycles. The molecule has 0 radical (unpaired) electrons.